The lowest BCUT2D eigenvalue weighted by atomic mass is 10.2. The third-order valence-corrected chi connectivity index (χ3v) is 5.85. The minimum Gasteiger partial charge on any atom is -0.497 e. The van der Waals surface area contributed by atoms with Crippen molar-refractivity contribution >= 4 is 23.4 Å². The van der Waals surface area contributed by atoms with Crippen LogP contribution in [0.5, 0.6) is 11.5 Å². The number of amides is 1. The molecule has 0 bridgehead atoms. The molecule has 2 aromatic heterocycles. The maximum Gasteiger partial charge on any atom is 0.234 e. The van der Waals surface area contributed by atoms with Crippen molar-refractivity contribution in [1.82, 2.24) is 19.7 Å². The first-order valence-electron chi connectivity index (χ1n) is 10.2. The second-order valence-corrected chi connectivity index (χ2v) is 8.02. The first-order chi connectivity index (χ1) is 16.1. The number of carbonyl (C=O) groups is 1. The number of ether oxygens (including phenoxy) is 2. The van der Waals surface area contributed by atoms with E-state index in [2.05, 4.69) is 20.5 Å². The number of carbonyl (C=O) groups excluding carboxylic acids is 1. The van der Waals surface area contributed by atoms with E-state index in [0.29, 0.717) is 28.2 Å². The number of benzene rings is 2. The Hall–Kier alpha value is -3.85. The molecule has 33 heavy (non-hydrogen) atoms. The monoisotopic (exact) mass is 461 g/mol. The SMILES string of the molecule is COc1ccc(NC(=O)CSc2nnc(-c3cccnc3)n2-c2ccccc2C)c(OC)c1. The maximum absolute atomic E-state index is 12.7. The number of methoxy groups -OCH3 is 2. The molecule has 8 nitrogen and oxygen atoms in total. The number of para-hydroxylation sites is 1. The number of aromatic nitrogens is 4. The third kappa shape index (κ3) is 4.98. The van der Waals surface area contributed by atoms with Gasteiger partial charge < -0.3 is 14.8 Å². The molecule has 1 amide bonds. The Bertz CT molecular complexity index is 1260. The van der Waals surface area contributed by atoms with Crippen molar-refractivity contribution in [3.8, 4) is 28.6 Å². The number of anilines is 1. The summed E-state index contributed by atoms with van der Waals surface area (Å²) < 4.78 is 12.5. The highest BCUT2D eigenvalue weighted by molar-refractivity contribution is 7.99. The predicted octanol–water partition coefficient (Wildman–Crippen LogP) is 4.39. The molecule has 0 aliphatic carbocycles. The average molecular weight is 462 g/mol. The Balaban J connectivity index is 1.58. The number of nitrogens with zero attached hydrogens (tertiary/aromatic N) is 4. The van der Waals surface area contributed by atoms with Crippen LogP contribution >= 0.6 is 11.8 Å². The van der Waals surface area contributed by atoms with Crippen LogP contribution in [0.2, 0.25) is 0 Å². The fourth-order valence-corrected chi connectivity index (χ4v) is 4.04. The van der Waals surface area contributed by atoms with Crippen LogP contribution in [0.15, 0.2) is 72.1 Å². The molecule has 0 spiro atoms. The summed E-state index contributed by atoms with van der Waals surface area (Å²) in [6.45, 7) is 2.03. The molecule has 9 heteroatoms. The van der Waals surface area contributed by atoms with E-state index in [-0.39, 0.29) is 11.7 Å². The van der Waals surface area contributed by atoms with Gasteiger partial charge in [-0.25, -0.2) is 0 Å². The standard InChI is InChI=1S/C24H23N5O3S/c1-16-7-4-5-9-20(16)29-23(17-8-6-12-25-14-17)27-28-24(29)33-15-22(30)26-19-11-10-18(31-2)13-21(19)32-3/h4-14H,15H2,1-3H3,(H,26,30). The van der Waals surface area contributed by atoms with Crippen LogP contribution in [0.25, 0.3) is 17.1 Å². The largest absolute Gasteiger partial charge is 0.497 e. The van der Waals surface area contributed by atoms with E-state index in [1.165, 1.54) is 11.8 Å². The van der Waals surface area contributed by atoms with Crippen LogP contribution in [0.1, 0.15) is 5.56 Å². The van der Waals surface area contributed by atoms with E-state index >= 15 is 0 Å². The van der Waals surface area contributed by atoms with Crippen LogP contribution < -0.4 is 14.8 Å². The van der Waals surface area contributed by atoms with Gasteiger partial charge in [-0.3, -0.25) is 14.3 Å². The Morgan fingerprint density at radius 1 is 1.06 bits per heavy atom. The lowest BCUT2D eigenvalue weighted by Crippen LogP contribution is -2.15. The molecule has 0 aliphatic rings. The highest BCUT2D eigenvalue weighted by Gasteiger charge is 2.19. The topological polar surface area (TPSA) is 91.2 Å². The predicted molar refractivity (Wildman–Crippen MR) is 128 cm³/mol. The van der Waals surface area contributed by atoms with Gasteiger partial charge >= 0.3 is 0 Å². The zero-order valence-corrected chi connectivity index (χ0v) is 19.3. The van der Waals surface area contributed by atoms with Crippen LogP contribution in [0, 0.1) is 6.92 Å². The molecular weight excluding hydrogens is 438 g/mol. The molecule has 168 valence electrons. The second kappa shape index (κ2) is 10.2. The molecule has 0 aliphatic heterocycles. The van der Waals surface area contributed by atoms with E-state index in [9.17, 15) is 4.79 Å². The number of nitrogens with one attached hydrogen (secondary N) is 1. The molecule has 2 aromatic carbocycles. The smallest absolute Gasteiger partial charge is 0.234 e. The molecule has 0 saturated carbocycles. The van der Waals surface area contributed by atoms with Gasteiger partial charge in [0.05, 0.1) is 31.3 Å². The lowest BCUT2D eigenvalue weighted by Gasteiger charge is -2.13. The van der Waals surface area contributed by atoms with Gasteiger partial charge in [-0.2, -0.15) is 0 Å². The number of pyridine rings is 1. The summed E-state index contributed by atoms with van der Waals surface area (Å²) in [5.74, 6) is 1.79. The Labute approximate surface area is 196 Å². The normalized spacial score (nSPS) is 10.6. The highest BCUT2D eigenvalue weighted by atomic mass is 32.2. The molecule has 0 atom stereocenters. The highest BCUT2D eigenvalue weighted by Crippen LogP contribution is 2.31. The minimum absolute atomic E-state index is 0.145. The summed E-state index contributed by atoms with van der Waals surface area (Å²) in [6.07, 6.45) is 3.46. The molecule has 1 N–H and O–H groups in total. The number of hydrogen-bond acceptors (Lipinski definition) is 7. The van der Waals surface area contributed by atoms with Crippen LogP contribution in [-0.2, 0) is 4.79 Å². The molecule has 0 saturated heterocycles. The van der Waals surface area contributed by atoms with Gasteiger partial charge in [0.25, 0.3) is 0 Å². The van der Waals surface area contributed by atoms with Gasteiger partial charge in [0, 0.05) is 24.0 Å². The first-order valence-corrected chi connectivity index (χ1v) is 11.2. The third-order valence-electron chi connectivity index (χ3n) is 4.92. The van der Waals surface area contributed by atoms with Crippen molar-refractivity contribution in [1.29, 1.82) is 0 Å². The van der Waals surface area contributed by atoms with Gasteiger partial charge in [-0.15, -0.1) is 10.2 Å². The molecule has 0 unspecified atom stereocenters. The summed E-state index contributed by atoms with van der Waals surface area (Å²) in [6, 6.07) is 17.0. The summed E-state index contributed by atoms with van der Waals surface area (Å²) in [5, 5.41) is 12.3. The fraction of sp³-hybridized carbons (Fsp3) is 0.167. The minimum atomic E-state index is -0.189. The van der Waals surface area contributed by atoms with Crippen LogP contribution in [-0.4, -0.2) is 45.6 Å². The zero-order valence-electron chi connectivity index (χ0n) is 18.5. The van der Waals surface area contributed by atoms with Crippen molar-refractivity contribution in [3.63, 3.8) is 0 Å². The van der Waals surface area contributed by atoms with Crippen molar-refractivity contribution in [2.24, 2.45) is 0 Å². The van der Waals surface area contributed by atoms with Gasteiger partial charge in [-0.1, -0.05) is 30.0 Å². The van der Waals surface area contributed by atoms with E-state index in [4.69, 9.17) is 9.47 Å². The fourth-order valence-electron chi connectivity index (χ4n) is 3.30. The van der Waals surface area contributed by atoms with Crippen molar-refractivity contribution in [2.75, 3.05) is 25.3 Å². The summed E-state index contributed by atoms with van der Waals surface area (Å²) in [4.78, 5) is 16.9. The molecular formula is C24H23N5O3S. The average Bonchev–Trinajstić information content (AvgIpc) is 3.27. The van der Waals surface area contributed by atoms with Gasteiger partial charge in [-0.05, 0) is 42.8 Å². The molecule has 2 heterocycles. The van der Waals surface area contributed by atoms with Crippen molar-refractivity contribution < 1.29 is 14.3 Å². The van der Waals surface area contributed by atoms with Gasteiger partial charge in [0.15, 0.2) is 11.0 Å². The summed E-state index contributed by atoms with van der Waals surface area (Å²) in [7, 11) is 3.12. The zero-order chi connectivity index (χ0) is 23.2. The molecule has 0 radical (unpaired) electrons. The van der Waals surface area contributed by atoms with Crippen LogP contribution in [0.3, 0.4) is 0 Å². The maximum atomic E-state index is 12.7. The van der Waals surface area contributed by atoms with Gasteiger partial charge in [0.2, 0.25) is 5.91 Å². The first kappa shape index (κ1) is 22.3. The summed E-state index contributed by atoms with van der Waals surface area (Å²) in [5.41, 5.74) is 3.42. The summed E-state index contributed by atoms with van der Waals surface area (Å²) >= 11 is 1.31. The molecule has 4 rings (SSSR count). The molecule has 4 aromatic rings. The van der Waals surface area contributed by atoms with E-state index in [1.54, 1.807) is 44.8 Å². The Kier molecular flexibility index (Phi) is 6.89. The van der Waals surface area contributed by atoms with E-state index < -0.39 is 0 Å². The molecule has 0 fully saturated rings. The van der Waals surface area contributed by atoms with Crippen LogP contribution in [0.4, 0.5) is 5.69 Å². The number of thioether (sulfide) groups is 1. The van der Waals surface area contributed by atoms with E-state index in [0.717, 1.165) is 16.8 Å². The van der Waals surface area contributed by atoms with Crippen molar-refractivity contribution in [3.05, 3.63) is 72.6 Å². The number of rotatable bonds is 8. The number of hydrogen-bond donors (Lipinski definition) is 1. The quantitative estimate of drug-likeness (QED) is 0.389. The Morgan fingerprint density at radius 3 is 2.64 bits per heavy atom. The Morgan fingerprint density at radius 2 is 1.91 bits per heavy atom. The van der Waals surface area contributed by atoms with Crippen molar-refractivity contribution in [2.45, 2.75) is 12.1 Å². The second-order valence-electron chi connectivity index (χ2n) is 7.07. The number of aryl methyl sites for hydroxylation is 1. The lowest BCUT2D eigenvalue weighted by molar-refractivity contribution is -0.113. The van der Waals surface area contributed by atoms with Gasteiger partial charge in [0.1, 0.15) is 11.5 Å². The van der Waals surface area contributed by atoms with E-state index in [1.807, 2.05) is 47.9 Å².